The maximum absolute atomic E-state index is 12.0. The molecule has 0 aliphatic carbocycles. The molecule has 1 aliphatic heterocycles. The summed E-state index contributed by atoms with van der Waals surface area (Å²) in [5, 5.41) is 0. The molecule has 1 heterocycles. The number of hydrogen-bond acceptors (Lipinski definition) is 3. The fourth-order valence-corrected chi connectivity index (χ4v) is 2.96. The molecule has 85 valence electrons. The van der Waals surface area contributed by atoms with Crippen LogP contribution < -0.4 is 4.72 Å². The maximum Gasteiger partial charge on any atom is 0.347 e. The van der Waals surface area contributed by atoms with E-state index < -0.39 is 22.2 Å². The zero-order chi connectivity index (χ0) is 11.9. The lowest BCUT2D eigenvalue weighted by Crippen LogP contribution is -2.47. The summed E-state index contributed by atoms with van der Waals surface area (Å²) in [5.74, 6) is -0.513. The predicted molar refractivity (Wildman–Crippen MR) is 58.5 cm³/mol. The van der Waals surface area contributed by atoms with E-state index in [1.54, 1.807) is 32.0 Å². The van der Waals surface area contributed by atoms with Crippen molar-refractivity contribution in [2.24, 2.45) is 0 Å². The van der Waals surface area contributed by atoms with Crippen LogP contribution in [0.1, 0.15) is 24.2 Å². The minimum Gasteiger partial charge on any atom is -0.268 e. The van der Waals surface area contributed by atoms with Gasteiger partial charge >= 0.3 is 10.2 Å². The summed E-state index contributed by atoms with van der Waals surface area (Å²) in [4.78, 5) is 12.0. The summed E-state index contributed by atoms with van der Waals surface area (Å²) < 4.78 is 27.9. The van der Waals surface area contributed by atoms with Crippen LogP contribution in [0.3, 0.4) is 0 Å². The summed E-state index contributed by atoms with van der Waals surface area (Å²) in [6.07, 6.45) is 0. The van der Waals surface area contributed by atoms with Gasteiger partial charge in [0, 0.05) is 6.04 Å². The summed E-state index contributed by atoms with van der Waals surface area (Å²) in [6.45, 7) is 3.28. The van der Waals surface area contributed by atoms with E-state index in [1.807, 2.05) is 0 Å². The Hall–Kier alpha value is -1.56. The van der Waals surface area contributed by atoms with Crippen LogP contribution in [0.4, 0.5) is 5.69 Å². The molecule has 0 atom stereocenters. The Bertz CT molecular complexity index is 537. The van der Waals surface area contributed by atoms with Gasteiger partial charge in [-0.25, -0.2) is 4.31 Å². The van der Waals surface area contributed by atoms with Crippen molar-refractivity contribution in [3.8, 4) is 0 Å². The van der Waals surface area contributed by atoms with Crippen LogP contribution in [0.25, 0.3) is 0 Å². The fourth-order valence-electron chi connectivity index (χ4n) is 1.63. The van der Waals surface area contributed by atoms with Gasteiger partial charge in [0.1, 0.15) is 0 Å². The highest BCUT2D eigenvalue weighted by atomic mass is 32.2. The van der Waals surface area contributed by atoms with E-state index in [2.05, 4.69) is 4.72 Å². The molecule has 0 aromatic heterocycles. The first-order chi connectivity index (χ1) is 7.43. The van der Waals surface area contributed by atoms with Crippen LogP contribution in [0.15, 0.2) is 24.3 Å². The van der Waals surface area contributed by atoms with E-state index in [0.717, 1.165) is 4.31 Å². The van der Waals surface area contributed by atoms with Gasteiger partial charge in [-0.05, 0) is 26.0 Å². The monoisotopic (exact) mass is 239 g/mol. The van der Waals surface area contributed by atoms with Crippen molar-refractivity contribution >= 4 is 21.8 Å². The first-order valence-electron chi connectivity index (χ1n) is 4.84. The Labute approximate surface area is 94.3 Å². The molecule has 6 heteroatoms. The van der Waals surface area contributed by atoms with Gasteiger partial charge in [0.15, 0.2) is 0 Å². The second-order valence-corrected chi connectivity index (χ2v) is 5.25. The normalized spacial score (nSPS) is 18.2. The van der Waals surface area contributed by atoms with Gasteiger partial charge in [-0.2, -0.15) is 8.42 Å². The fraction of sp³-hybridized carbons (Fsp3) is 0.300. The van der Waals surface area contributed by atoms with Crippen molar-refractivity contribution in [3.63, 3.8) is 0 Å². The van der Waals surface area contributed by atoms with Crippen molar-refractivity contribution < 1.29 is 13.2 Å². The molecular formula is C10H11N2O3S. The van der Waals surface area contributed by atoms with Crippen LogP contribution in [-0.2, 0) is 10.2 Å². The van der Waals surface area contributed by atoms with Crippen LogP contribution in [0.5, 0.6) is 0 Å². The van der Waals surface area contributed by atoms with Gasteiger partial charge in [0.25, 0.3) is 5.91 Å². The molecular weight excluding hydrogens is 228 g/mol. The van der Waals surface area contributed by atoms with Gasteiger partial charge in [-0.1, -0.05) is 12.1 Å². The number of rotatable bonds is 1. The highest BCUT2D eigenvalue weighted by Gasteiger charge is 2.38. The number of hydrogen-bond donors (Lipinski definition) is 0. The molecule has 16 heavy (non-hydrogen) atoms. The maximum atomic E-state index is 12.0. The average molecular weight is 239 g/mol. The van der Waals surface area contributed by atoms with Crippen LogP contribution >= 0.6 is 0 Å². The molecule has 0 spiro atoms. The minimum absolute atomic E-state index is 0.212. The molecule has 1 aromatic rings. The van der Waals surface area contributed by atoms with E-state index in [9.17, 15) is 13.2 Å². The topological polar surface area (TPSA) is 68.6 Å². The third-order valence-corrected chi connectivity index (χ3v) is 3.78. The molecule has 5 nitrogen and oxygen atoms in total. The van der Waals surface area contributed by atoms with E-state index in [1.165, 1.54) is 6.07 Å². The smallest absolute Gasteiger partial charge is 0.268 e. The quantitative estimate of drug-likeness (QED) is 0.735. The number of amides is 1. The number of carbonyl (C=O) groups is 1. The Morgan fingerprint density at radius 3 is 2.50 bits per heavy atom. The molecule has 2 rings (SSSR count). The van der Waals surface area contributed by atoms with E-state index in [-0.39, 0.29) is 5.69 Å². The summed E-state index contributed by atoms with van der Waals surface area (Å²) >= 11 is 0. The number of benzene rings is 1. The zero-order valence-corrected chi connectivity index (χ0v) is 9.73. The first kappa shape index (κ1) is 10.9. The van der Waals surface area contributed by atoms with Crippen molar-refractivity contribution in [2.45, 2.75) is 19.9 Å². The first-order valence-corrected chi connectivity index (χ1v) is 6.24. The second kappa shape index (κ2) is 3.48. The van der Waals surface area contributed by atoms with Crippen LogP contribution in [0.2, 0.25) is 0 Å². The van der Waals surface area contributed by atoms with Crippen LogP contribution in [0, 0.1) is 0 Å². The van der Waals surface area contributed by atoms with E-state index in [0.29, 0.717) is 5.56 Å². The third-order valence-electron chi connectivity index (χ3n) is 2.27. The molecule has 1 amide bonds. The molecule has 1 aliphatic rings. The minimum atomic E-state index is -3.88. The van der Waals surface area contributed by atoms with Crippen molar-refractivity contribution in [1.82, 2.24) is 9.03 Å². The summed E-state index contributed by atoms with van der Waals surface area (Å²) in [6, 6.07) is 5.99. The lowest BCUT2D eigenvalue weighted by Gasteiger charge is -2.29. The highest BCUT2D eigenvalue weighted by Crippen LogP contribution is 2.27. The molecule has 0 saturated carbocycles. The molecule has 0 bridgehead atoms. The molecule has 1 aromatic carbocycles. The molecule has 1 radical (unpaired) electrons. The molecule has 0 unspecified atom stereocenters. The molecule has 0 fully saturated rings. The Kier molecular flexibility index (Phi) is 2.38. The number of carbonyl (C=O) groups excluding carboxylic acids is 1. The van der Waals surface area contributed by atoms with Gasteiger partial charge < -0.3 is 0 Å². The van der Waals surface area contributed by atoms with Gasteiger partial charge in [0.2, 0.25) is 0 Å². The van der Waals surface area contributed by atoms with E-state index >= 15 is 0 Å². The lowest BCUT2D eigenvalue weighted by atomic mass is 10.1. The summed E-state index contributed by atoms with van der Waals surface area (Å²) in [7, 11) is -3.88. The third kappa shape index (κ3) is 1.55. The van der Waals surface area contributed by atoms with Crippen molar-refractivity contribution in [3.05, 3.63) is 29.8 Å². The van der Waals surface area contributed by atoms with E-state index in [4.69, 9.17) is 0 Å². The molecule has 0 saturated heterocycles. The van der Waals surface area contributed by atoms with Gasteiger partial charge in [-0.15, -0.1) is 4.72 Å². The van der Waals surface area contributed by atoms with Gasteiger partial charge in [-0.3, -0.25) is 4.79 Å². The van der Waals surface area contributed by atoms with Crippen molar-refractivity contribution in [1.29, 1.82) is 0 Å². The number of nitrogens with zero attached hydrogens (tertiary/aromatic N) is 2. The van der Waals surface area contributed by atoms with Crippen LogP contribution in [-0.4, -0.2) is 24.7 Å². The molecule has 0 N–H and O–H groups in total. The highest BCUT2D eigenvalue weighted by molar-refractivity contribution is 7.88. The lowest BCUT2D eigenvalue weighted by molar-refractivity contribution is 0.0830. The second-order valence-electron chi connectivity index (χ2n) is 3.78. The SMILES string of the molecule is CC(C)N1C(=O)c2ccccc2[N]S1(=O)=O. The zero-order valence-electron chi connectivity index (χ0n) is 8.91. The Balaban J connectivity index is 2.61. The Morgan fingerprint density at radius 2 is 1.88 bits per heavy atom. The standard InChI is InChI=1S/C10H11N2O3S/c1-7(2)12-10(13)8-5-3-4-6-9(8)11-16(12,14)15/h3-7H,1-2H3. The summed E-state index contributed by atoms with van der Waals surface area (Å²) in [5.41, 5.74) is 0.537. The average Bonchev–Trinajstić information content (AvgIpc) is 2.15. The largest absolute Gasteiger partial charge is 0.347 e. The van der Waals surface area contributed by atoms with Crippen molar-refractivity contribution in [2.75, 3.05) is 0 Å². The Morgan fingerprint density at radius 1 is 1.25 bits per heavy atom. The predicted octanol–water partition coefficient (Wildman–Crippen LogP) is 1.03. The number of fused-ring (bicyclic) bond motifs is 1. The van der Waals surface area contributed by atoms with Gasteiger partial charge in [0.05, 0.1) is 11.3 Å².